The molecular weight excluding hydrogens is 242 g/mol. The van der Waals surface area contributed by atoms with Crippen LogP contribution in [-0.4, -0.2) is 34.6 Å². The molecule has 1 atom stereocenters. The van der Waals surface area contributed by atoms with Crippen LogP contribution in [0.15, 0.2) is 10.9 Å². The maximum Gasteiger partial charge on any atom is 0.320 e. The van der Waals surface area contributed by atoms with E-state index in [4.69, 9.17) is 10.8 Å². The Labute approximate surface area is 103 Å². The molecule has 0 bridgehead atoms. The second-order valence-corrected chi connectivity index (χ2v) is 4.28. The zero-order valence-electron chi connectivity index (χ0n) is 9.26. The van der Waals surface area contributed by atoms with E-state index in [1.165, 1.54) is 11.3 Å². The molecule has 17 heavy (non-hydrogen) atoms. The fraction of sp³-hybridized carbons (Fsp3) is 0.500. The van der Waals surface area contributed by atoms with E-state index in [1.807, 2.05) is 5.38 Å². The number of carbonyl (C=O) groups excluding carboxylic acids is 1. The summed E-state index contributed by atoms with van der Waals surface area (Å²) in [6, 6.07) is -0.973. The summed E-state index contributed by atoms with van der Waals surface area (Å²) in [4.78, 5) is 25.8. The molecule has 0 aliphatic carbocycles. The van der Waals surface area contributed by atoms with Crippen molar-refractivity contribution in [3.8, 4) is 0 Å². The predicted molar refractivity (Wildman–Crippen MR) is 63.7 cm³/mol. The molecule has 0 radical (unpaired) electrons. The van der Waals surface area contributed by atoms with Crippen LogP contribution in [0.3, 0.4) is 0 Å². The Balaban J connectivity index is 2.11. The van der Waals surface area contributed by atoms with Crippen LogP contribution in [0.4, 0.5) is 0 Å². The normalized spacial score (nSPS) is 12.1. The van der Waals surface area contributed by atoms with E-state index >= 15 is 0 Å². The van der Waals surface area contributed by atoms with Crippen LogP contribution in [0.1, 0.15) is 18.5 Å². The number of hydrogen-bond donors (Lipinski definition) is 3. The van der Waals surface area contributed by atoms with Gasteiger partial charge in [0, 0.05) is 24.8 Å². The fourth-order valence-corrected chi connectivity index (χ4v) is 1.78. The lowest BCUT2D eigenvalue weighted by Crippen LogP contribution is -2.33. The summed E-state index contributed by atoms with van der Waals surface area (Å²) in [7, 11) is 0. The number of nitrogens with zero attached hydrogens (tertiary/aromatic N) is 1. The van der Waals surface area contributed by atoms with E-state index in [-0.39, 0.29) is 18.7 Å². The van der Waals surface area contributed by atoms with Crippen LogP contribution in [0.25, 0.3) is 0 Å². The number of amides is 1. The molecule has 1 rings (SSSR count). The van der Waals surface area contributed by atoms with Gasteiger partial charge in [0.1, 0.15) is 6.04 Å². The third kappa shape index (κ3) is 5.41. The summed E-state index contributed by atoms with van der Waals surface area (Å²) in [5.41, 5.74) is 7.96. The van der Waals surface area contributed by atoms with E-state index in [9.17, 15) is 9.59 Å². The minimum Gasteiger partial charge on any atom is -0.480 e. The van der Waals surface area contributed by atoms with Gasteiger partial charge < -0.3 is 16.2 Å². The Morgan fingerprint density at radius 2 is 2.35 bits per heavy atom. The van der Waals surface area contributed by atoms with Crippen LogP contribution >= 0.6 is 11.3 Å². The second-order valence-electron chi connectivity index (χ2n) is 3.56. The van der Waals surface area contributed by atoms with Gasteiger partial charge in [-0.05, 0) is 6.42 Å². The van der Waals surface area contributed by atoms with Gasteiger partial charge in [-0.3, -0.25) is 9.59 Å². The van der Waals surface area contributed by atoms with Gasteiger partial charge in [0.2, 0.25) is 5.91 Å². The molecule has 0 saturated heterocycles. The van der Waals surface area contributed by atoms with Crippen molar-refractivity contribution in [3.05, 3.63) is 16.6 Å². The average Bonchev–Trinajstić information content (AvgIpc) is 2.78. The van der Waals surface area contributed by atoms with Gasteiger partial charge >= 0.3 is 5.97 Å². The van der Waals surface area contributed by atoms with Crippen molar-refractivity contribution in [1.82, 2.24) is 10.3 Å². The summed E-state index contributed by atoms with van der Waals surface area (Å²) in [6.07, 6.45) is 0.961. The minimum absolute atomic E-state index is 0.129. The third-order valence-corrected chi connectivity index (χ3v) is 2.82. The van der Waals surface area contributed by atoms with E-state index in [1.54, 1.807) is 5.51 Å². The van der Waals surface area contributed by atoms with E-state index in [0.29, 0.717) is 13.0 Å². The Bertz CT molecular complexity index is 367. The lowest BCUT2D eigenvalue weighted by Gasteiger charge is -2.06. The Hall–Kier alpha value is -1.47. The number of carboxylic acids is 1. The number of aromatic nitrogens is 1. The van der Waals surface area contributed by atoms with Crippen molar-refractivity contribution >= 4 is 23.2 Å². The van der Waals surface area contributed by atoms with E-state index < -0.39 is 12.0 Å². The molecule has 1 unspecified atom stereocenters. The molecule has 4 N–H and O–H groups in total. The van der Waals surface area contributed by atoms with Crippen molar-refractivity contribution in [3.63, 3.8) is 0 Å². The Morgan fingerprint density at radius 3 is 2.94 bits per heavy atom. The summed E-state index contributed by atoms with van der Waals surface area (Å²) in [5.74, 6) is -1.27. The lowest BCUT2D eigenvalue weighted by atomic mass is 10.1. The molecule has 94 valence electrons. The number of aliphatic carboxylic acids is 1. The van der Waals surface area contributed by atoms with Crippen LogP contribution in [-0.2, 0) is 16.0 Å². The van der Waals surface area contributed by atoms with Gasteiger partial charge in [-0.15, -0.1) is 11.3 Å². The zero-order chi connectivity index (χ0) is 12.7. The summed E-state index contributed by atoms with van der Waals surface area (Å²) in [6.45, 7) is 0.505. The van der Waals surface area contributed by atoms with Gasteiger partial charge in [-0.1, -0.05) is 0 Å². The molecule has 1 aromatic heterocycles. The molecule has 1 aromatic rings. The monoisotopic (exact) mass is 257 g/mol. The molecule has 0 aliphatic heterocycles. The molecule has 0 spiro atoms. The highest BCUT2D eigenvalue weighted by molar-refractivity contribution is 7.07. The van der Waals surface area contributed by atoms with Gasteiger partial charge in [0.25, 0.3) is 0 Å². The fourth-order valence-electron chi connectivity index (χ4n) is 1.19. The molecule has 1 heterocycles. The molecule has 0 fully saturated rings. The first-order valence-corrected chi connectivity index (χ1v) is 6.16. The van der Waals surface area contributed by atoms with Crippen molar-refractivity contribution in [2.45, 2.75) is 25.3 Å². The number of carbonyl (C=O) groups is 2. The van der Waals surface area contributed by atoms with Gasteiger partial charge in [-0.25, -0.2) is 4.98 Å². The largest absolute Gasteiger partial charge is 0.480 e. The summed E-state index contributed by atoms with van der Waals surface area (Å²) in [5, 5.41) is 13.1. The van der Waals surface area contributed by atoms with E-state index in [2.05, 4.69) is 10.3 Å². The summed E-state index contributed by atoms with van der Waals surface area (Å²) >= 11 is 1.51. The third-order valence-electron chi connectivity index (χ3n) is 2.19. The number of rotatable bonds is 7. The Morgan fingerprint density at radius 1 is 1.59 bits per heavy atom. The maximum atomic E-state index is 11.3. The second kappa shape index (κ2) is 6.97. The lowest BCUT2D eigenvalue weighted by molar-refractivity contribution is -0.138. The average molecular weight is 257 g/mol. The first-order chi connectivity index (χ1) is 8.09. The number of carboxylic acid groups (broad SMARTS) is 1. The molecule has 6 nitrogen and oxygen atoms in total. The minimum atomic E-state index is -1.08. The van der Waals surface area contributed by atoms with Gasteiger partial charge in [-0.2, -0.15) is 0 Å². The number of thiazole rings is 1. The molecule has 0 aromatic carbocycles. The number of nitrogens with one attached hydrogen (secondary N) is 1. The predicted octanol–water partition coefficient (Wildman–Crippen LogP) is -0.00610. The highest BCUT2D eigenvalue weighted by atomic mass is 32.1. The van der Waals surface area contributed by atoms with Crippen molar-refractivity contribution in [2.24, 2.45) is 5.73 Å². The van der Waals surface area contributed by atoms with Crippen LogP contribution in [0, 0.1) is 0 Å². The molecule has 0 aliphatic rings. The molecule has 0 saturated carbocycles. The Kier molecular flexibility index (Phi) is 5.58. The van der Waals surface area contributed by atoms with Gasteiger partial charge in [0.15, 0.2) is 0 Å². The first-order valence-electron chi connectivity index (χ1n) is 5.21. The topological polar surface area (TPSA) is 105 Å². The molecule has 7 heteroatoms. The van der Waals surface area contributed by atoms with Crippen molar-refractivity contribution in [2.75, 3.05) is 6.54 Å². The SMILES string of the molecule is NC(CCC(=O)NCCc1cscn1)C(=O)O. The molecular formula is C10H15N3O3S. The quantitative estimate of drug-likeness (QED) is 0.637. The van der Waals surface area contributed by atoms with E-state index in [0.717, 1.165) is 5.69 Å². The highest BCUT2D eigenvalue weighted by Gasteiger charge is 2.13. The number of nitrogens with two attached hydrogens (primary N) is 1. The smallest absolute Gasteiger partial charge is 0.320 e. The highest BCUT2D eigenvalue weighted by Crippen LogP contribution is 2.01. The standard InChI is InChI=1S/C10H15N3O3S/c11-8(10(15)16)1-2-9(14)12-4-3-7-5-17-6-13-7/h5-6,8H,1-4,11H2,(H,12,14)(H,15,16). The molecule has 1 amide bonds. The number of hydrogen-bond acceptors (Lipinski definition) is 5. The summed E-state index contributed by atoms with van der Waals surface area (Å²) < 4.78 is 0. The first kappa shape index (κ1) is 13.6. The zero-order valence-corrected chi connectivity index (χ0v) is 10.1. The maximum absolute atomic E-state index is 11.3. The van der Waals surface area contributed by atoms with Crippen LogP contribution in [0.2, 0.25) is 0 Å². The van der Waals surface area contributed by atoms with Crippen LogP contribution < -0.4 is 11.1 Å². The van der Waals surface area contributed by atoms with Crippen LogP contribution in [0.5, 0.6) is 0 Å². The van der Waals surface area contributed by atoms with Crippen molar-refractivity contribution < 1.29 is 14.7 Å². The van der Waals surface area contributed by atoms with Crippen molar-refractivity contribution in [1.29, 1.82) is 0 Å². The van der Waals surface area contributed by atoms with Gasteiger partial charge in [0.05, 0.1) is 11.2 Å².